The van der Waals surface area contributed by atoms with Crippen molar-refractivity contribution in [3.8, 4) is 0 Å². The molecule has 1 heterocycles. The average molecular weight is 264 g/mol. The first-order valence-corrected chi connectivity index (χ1v) is 8.14. The highest BCUT2D eigenvalue weighted by molar-refractivity contribution is 7.99. The molecule has 1 aliphatic rings. The smallest absolute Gasteiger partial charge is 0.0307 e. The molecule has 0 spiro atoms. The lowest BCUT2D eigenvalue weighted by atomic mass is 10.0. The second-order valence-corrected chi connectivity index (χ2v) is 6.22. The summed E-state index contributed by atoms with van der Waals surface area (Å²) in [7, 11) is 0. The number of nitrogens with zero attached hydrogens (tertiary/aromatic N) is 1. The summed E-state index contributed by atoms with van der Waals surface area (Å²) in [6.45, 7) is 3.62. The van der Waals surface area contributed by atoms with Crippen molar-refractivity contribution in [3.05, 3.63) is 35.9 Å². The molecule has 0 aromatic heterocycles. The summed E-state index contributed by atoms with van der Waals surface area (Å²) in [6.07, 6.45) is 5.96. The highest BCUT2D eigenvalue weighted by Gasteiger charge is 2.18. The fourth-order valence-corrected chi connectivity index (χ4v) is 3.24. The summed E-state index contributed by atoms with van der Waals surface area (Å²) in [5.41, 5.74) is 7.50. The second kappa shape index (κ2) is 7.17. The molecule has 1 aromatic rings. The molecule has 1 aromatic carbocycles. The lowest BCUT2D eigenvalue weighted by Gasteiger charge is -2.31. The van der Waals surface area contributed by atoms with Crippen molar-refractivity contribution in [2.24, 2.45) is 5.73 Å². The van der Waals surface area contributed by atoms with E-state index in [-0.39, 0.29) is 6.04 Å². The average Bonchev–Trinajstić information content (AvgIpc) is 2.46. The van der Waals surface area contributed by atoms with Crippen LogP contribution in [0.5, 0.6) is 0 Å². The van der Waals surface area contributed by atoms with Crippen LogP contribution >= 0.6 is 11.8 Å². The van der Waals surface area contributed by atoms with E-state index in [1.807, 2.05) is 17.8 Å². The Morgan fingerprint density at radius 3 is 2.56 bits per heavy atom. The van der Waals surface area contributed by atoms with Crippen LogP contribution in [-0.4, -0.2) is 36.0 Å². The van der Waals surface area contributed by atoms with Gasteiger partial charge in [0.2, 0.25) is 0 Å². The van der Waals surface area contributed by atoms with Gasteiger partial charge in [0, 0.05) is 11.3 Å². The molecule has 2 rings (SSSR count). The van der Waals surface area contributed by atoms with E-state index >= 15 is 0 Å². The van der Waals surface area contributed by atoms with Crippen LogP contribution < -0.4 is 5.73 Å². The molecule has 1 atom stereocenters. The third kappa shape index (κ3) is 4.01. The largest absolute Gasteiger partial charge is 0.324 e. The van der Waals surface area contributed by atoms with E-state index in [1.165, 1.54) is 31.5 Å². The quantitative estimate of drug-likeness (QED) is 0.886. The number of nitrogens with two attached hydrogens (primary N) is 1. The number of benzene rings is 1. The number of likely N-dealkylation sites (tertiary alicyclic amines) is 1. The molecule has 2 N–H and O–H groups in total. The fourth-order valence-electron chi connectivity index (χ4n) is 2.56. The van der Waals surface area contributed by atoms with Crippen molar-refractivity contribution in [1.82, 2.24) is 4.90 Å². The van der Waals surface area contributed by atoms with Crippen molar-refractivity contribution >= 4 is 11.8 Å². The van der Waals surface area contributed by atoms with Crippen LogP contribution in [0.2, 0.25) is 0 Å². The zero-order valence-electron chi connectivity index (χ0n) is 11.2. The SMILES string of the molecule is CSC1CCN(CCC(N)c2ccccc2)CC1. The van der Waals surface area contributed by atoms with E-state index in [2.05, 4.69) is 35.4 Å². The van der Waals surface area contributed by atoms with E-state index in [0.29, 0.717) is 0 Å². The zero-order valence-corrected chi connectivity index (χ0v) is 12.0. The van der Waals surface area contributed by atoms with E-state index in [0.717, 1.165) is 18.2 Å². The van der Waals surface area contributed by atoms with Gasteiger partial charge in [-0.2, -0.15) is 11.8 Å². The fraction of sp³-hybridized carbons (Fsp3) is 0.600. The Labute approximate surface area is 115 Å². The summed E-state index contributed by atoms with van der Waals surface area (Å²) < 4.78 is 0. The van der Waals surface area contributed by atoms with Gasteiger partial charge >= 0.3 is 0 Å². The third-order valence-electron chi connectivity index (χ3n) is 3.85. The second-order valence-electron chi connectivity index (χ2n) is 5.08. The normalized spacial score (nSPS) is 19.9. The predicted molar refractivity (Wildman–Crippen MR) is 81.0 cm³/mol. The first-order valence-electron chi connectivity index (χ1n) is 6.85. The molecule has 1 unspecified atom stereocenters. The van der Waals surface area contributed by atoms with Gasteiger partial charge in [-0.3, -0.25) is 0 Å². The van der Waals surface area contributed by atoms with Gasteiger partial charge in [0.25, 0.3) is 0 Å². The van der Waals surface area contributed by atoms with E-state index in [4.69, 9.17) is 5.73 Å². The van der Waals surface area contributed by atoms with E-state index in [1.54, 1.807) is 0 Å². The van der Waals surface area contributed by atoms with Crippen molar-refractivity contribution in [2.75, 3.05) is 25.9 Å². The Bertz CT molecular complexity index is 334. The molecule has 0 saturated carbocycles. The highest BCUT2D eigenvalue weighted by atomic mass is 32.2. The Kier molecular flexibility index (Phi) is 5.54. The van der Waals surface area contributed by atoms with Crippen LogP contribution in [0.3, 0.4) is 0 Å². The molecule has 1 aliphatic heterocycles. The van der Waals surface area contributed by atoms with Crippen molar-refractivity contribution in [2.45, 2.75) is 30.6 Å². The first-order chi connectivity index (χ1) is 8.79. The number of hydrogen-bond donors (Lipinski definition) is 1. The lowest BCUT2D eigenvalue weighted by molar-refractivity contribution is 0.225. The van der Waals surface area contributed by atoms with E-state index in [9.17, 15) is 0 Å². The Morgan fingerprint density at radius 1 is 1.28 bits per heavy atom. The summed E-state index contributed by atoms with van der Waals surface area (Å²) in [5.74, 6) is 0. The van der Waals surface area contributed by atoms with Gasteiger partial charge in [0.15, 0.2) is 0 Å². The molecule has 1 fully saturated rings. The van der Waals surface area contributed by atoms with Crippen LogP contribution in [0.25, 0.3) is 0 Å². The Balaban J connectivity index is 1.72. The topological polar surface area (TPSA) is 29.3 Å². The predicted octanol–water partition coefficient (Wildman–Crippen LogP) is 2.90. The minimum absolute atomic E-state index is 0.185. The molecular weight excluding hydrogens is 240 g/mol. The van der Waals surface area contributed by atoms with Crippen LogP contribution in [0.4, 0.5) is 0 Å². The maximum atomic E-state index is 6.23. The van der Waals surface area contributed by atoms with Gasteiger partial charge in [-0.05, 0) is 50.7 Å². The van der Waals surface area contributed by atoms with Gasteiger partial charge in [-0.15, -0.1) is 0 Å². The molecule has 18 heavy (non-hydrogen) atoms. The van der Waals surface area contributed by atoms with Crippen LogP contribution in [-0.2, 0) is 0 Å². The standard InChI is InChI=1S/C15H24N2S/c1-18-14-7-10-17(11-8-14)12-9-15(16)13-5-3-2-4-6-13/h2-6,14-15H,7-12,16H2,1H3. The van der Waals surface area contributed by atoms with Crippen molar-refractivity contribution < 1.29 is 0 Å². The summed E-state index contributed by atoms with van der Waals surface area (Å²) in [5, 5.41) is 0.879. The molecule has 3 heteroatoms. The first kappa shape index (κ1) is 13.9. The number of thioether (sulfide) groups is 1. The molecule has 0 radical (unpaired) electrons. The number of piperidine rings is 1. The highest BCUT2D eigenvalue weighted by Crippen LogP contribution is 2.22. The Morgan fingerprint density at radius 2 is 1.94 bits per heavy atom. The van der Waals surface area contributed by atoms with Crippen molar-refractivity contribution in [1.29, 1.82) is 0 Å². The summed E-state index contributed by atoms with van der Waals surface area (Å²) in [6, 6.07) is 10.6. The zero-order chi connectivity index (χ0) is 12.8. The minimum atomic E-state index is 0.185. The summed E-state index contributed by atoms with van der Waals surface area (Å²) >= 11 is 2.02. The molecular formula is C15H24N2S. The van der Waals surface area contributed by atoms with Gasteiger partial charge in [0.1, 0.15) is 0 Å². The molecule has 100 valence electrons. The Hall–Kier alpha value is -0.510. The van der Waals surface area contributed by atoms with Crippen LogP contribution in [0, 0.1) is 0 Å². The monoisotopic (exact) mass is 264 g/mol. The van der Waals surface area contributed by atoms with Crippen LogP contribution in [0.15, 0.2) is 30.3 Å². The van der Waals surface area contributed by atoms with Crippen molar-refractivity contribution in [3.63, 3.8) is 0 Å². The van der Waals surface area contributed by atoms with E-state index < -0.39 is 0 Å². The molecule has 2 nitrogen and oxygen atoms in total. The lowest BCUT2D eigenvalue weighted by Crippen LogP contribution is -2.36. The van der Waals surface area contributed by atoms with Gasteiger partial charge in [0.05, 0.1) is 0 Å². The third-order valence-corrected chi connectivity index (χ3v) is 4.99. The van der Waals surface area contributed by atoms with Gasteiger partial charge < -0.3 is 10.6 Å². The van der Waals surface area contributed by atoms with Gasteiger partial charge in [-0.1, -0.05) is 30.3 Å². The molecule has 0 aliphatic carbocycles. The molecule has 0 bridgehead atoms. The van der Waals surface area contributed by atoms with Gasteiger partial charge in [-0.25, -0.2) is 0 Å². The number of rotatable bonds is 5. The molecule has 0 amide bonds. The molecule has 1 saturated heterocycles. The number of hydrogen-bond acceptors (Lipinski definition) is 3. The minimum Gasteiger partial charge on any atom is -0.324 e. The maximum Gasteiger partial charge on any atom is 0.0307 e. The maximum absolute atomic E-state index is 6.23. The summed E-state index contributed by atoms with van der Waals surface area (Å²) in [4.78, 5) is 2.56. The van der Waals surface area contributed by atoms with Crippen LogP contribution in [0.1, 0.15) is 30.9 Å².